The van der Waals surface area contributed by atoms with Crippen molar-refractivity contribution in [1.29, 1.82) is 0 Å². The number of aromatic nitrogens is 1. The molecule has 2 heterocycles. The number of benzene rings is 1. The molecule has 1 aromatic carbocycles. The van der Waals surface area contributed by atoms with E-state index in [1.807, 2.05) is 24.3 Å². The van der Waals surface area contributed by atoms with Crippen LogP contribution in [0.5, 0.6) is 0 Å². The van der Waals surface area contributed by atoms with Crippen LogP contribution in [0.4, 0.5) is 0 Å². The van der Waals surface area contributed by atoms with Crippen molar-refractivity contribution < 1.29 is 14.1 Å². The van der Waals surface area contributed by atoms with Crippen LogP contribution < -0.4 is 5.32 Å². The summed E-state index contributed by atoms with van der Waals surface area (Å²) >= 11 is 3.44. The Hall–Kier alpha value is -1.70. The zero-order valence-electron chi connectivity index (χ0n) is 14.3. The molecule has 0 aliphatic carbocycles. The highest BCUT2D eigenvalue weighted by molar-refractivity contribution is 9.10. The van der Waals surface area contributed by atoms with Crippen LogP contribution in [-0.2, 0) is 4.74 Å². The van der Waals surface area contributed by atoms with Crippen molar-refractivity contribution in [3.8, 4) is 11.3 Å². The van der Waals surface area contributed by atoms with Crippen molar-refractivity contribution >= 4 is 21.8 Å². The van der Waals surface area contributed by atoms with Gasteiger partial charge in [-0.2, -0.15) is 0 Å². The first-order chi connectivity index (χ1) is 12.1. The number of rotatable bonds is 6. The van der Waals surface area contributed by atoms with E-state index in [4.69, 9.17) is 9.26 Å². The van der Waals surface area contributed by atoms with Crippen LogP contribution in [0, 0.1) is 6.92 Å². The molecule has 0 radical (unpaired) electrons. The van der Waals surface area contributed by atoms with Crippen LogP contribution in [0.25, 0.3) is 11.3 Å². The van der Waals surface area contributed by atoms with Crippen molar-refractivity contribution in [2.45, 2.75) is 13.3 Å². The molecule has 0 bridgehead atoms. The first kappa shape index (κ1) is 18.1. The third-order valence-corrected chi connectivity index (χ3v) is 4.72. The van der Waals surface area contributed by atoms with Crippen LogP contribution in [0.2, 0.25) is 0 Å². The quantitative estimate of drug-likeness (QED) is 0.745. The number of halogens is 1. The molecular weight excluding hydrogens is 386 g/mol. The van der Waals surface area contributed by atoms with Crippen LogP contribution in [-0.4, -0.2) is 55.4 Å². The van der Waals surface area contributed by atoms with Crippen molar-refractivity contribution in [2.24, 2.45) is 0 Å². The van der Waals surface area contributed by atoms with Gasteiger partial charge >= 0.3 is 0 Å². The van der Waals surface area contributed by atoms with Crippen LogP contribution in [0.3, 0.4) is 0 Å². The van der Waals surface area contributed by atoms with E-state index in [1.165, 1.54) is 0 Å². The van der Waals surface area contributed by atoms with Crippen LogP contribution >= 0.6 is 15.9 Å². The summed E-state index contributed by atoms with van der Waals surface area (Å²) in [4.78, 5) is 15.0. The molecule has 2 aromatic rings. The van der Waals surface area contributed by atoms with Crippen LogP contribution in [0.15, 0.2) is 33.3 Å². The fraction of sp³-hybridized carbons (Fsp3) is 0.444. The summed E-state index contributed by atoms with van der Waals surface area (Å²) in [6, 6.07) is 7.68. The second-order valence-electron chi connectivity index (χ2n) is 6.04. The van der Waals surface area contributed by atoms with E-state index in [-0.39, 0.29) is 5.91 Å². The summed E-state index contributed by atoms with van der Waals surface area (Å²) in [7, 11) is 0. The molecule has 0 saturated carbocycles. The largest absolute Gasteiger partial charge is 0.379 e. The Labute approximate surface area is 155 Å². The van der Waals surface area contributed by atoms with Gasteiger partial charge in [-0.1, -0.05) is 33.2 Å². The van der Waals surface area contributed by atoms with E-state index in [1.54, 1.807) is 6.92 Å². The van der Waals surface area contributed by atoms with Gasteiger partial charge in [-0.05, 0) is 32.0 Å². The maximum atomic E-state index is 12.6. The summed E-state index contributed by atoms with van der Waals surface area (Å²) in [5, 5.41) is 7.05. The summed E-state index contributed by atoms with van der Waals surface area (Å²) in [6.45, 7) is 6.86. The number of nitrogens with zero attached hydrogens (tertiary/aromatic N) is 2. The number of carbonyl (C=O) groups is 1. The lowest BCUT2D eigenvalue weighted by molar-refractivity contribution is 0.0374. The molecule has 1 aromatic heterocycles. The average molecular weight is 408 g/mol. The maximum Gasteiger partial charge on any atom is 0.257 e. The Morgan fingerprint density at radius 2 is 2.16 bits per heavy atom. The van der Waals surface area contributed by atoms with E-state index in [9.17, 15) is 4.79 Å². The van der Waals surface area contributed by atoms with Gasteiger partial charge in [-0.15, -0.1) is 0 Å². The summed E-state index contributed by atoms with van der Waals surface area (Å²) < 4.78 is 11.5. The van der Waals surface area contributed by atoms with Crippen LogP contribution in [0.1, 0.15) is 22.5 Å². The van der Waals surface area contributed by atoms with E-state index in [0.717, 1.165) is 49.3 Å². The second kappa shape index (κ2) is 8.60. The molecule has 1 N–H and O–H groups in total. The molecule has 1 amide bonds. The Bertz CT molecular complexity index is 726. The summed E-state index contributed by atoms with van der Waals surface area (Å²) in [6.07, 6.45) is 0.905. The molecule has 7 heteroatoms. The van der Waals surface area contributed by atoms with E-state index in [2.05, 4.69) is 31.3 Å². The average Bonchev–Trinajstić information content (AvgIpc) is 3.01. The molecule has 1 aliphatic heterocycles. The number of amides is 1. The number of aryl methyl sites for hydroxylation is 1. The van der Waals surface area contributed by atoms with E-state index >= 15 is 0 Å². The normalized spacial score (nSPS) is 15.3. The third-order valence-electron chi connectivity index (χ3n) is 4.23. The Kier molecular flexibility index (Phi) is 6.23. The number of carbonyl (C=O) groups excluding carboxylic acids is 1. The number of hydrogen-bond donors (Lipinski definition) is 1. The summed E-state index contributed by atoms with van der Waals surface area (Å²) in [5.74, 6) is 0.386. The Balaban J connectivity index is 1.59. The molecule has 25 heavy (non-hydrogen) atoms. The van der Waals surface area contributed by atoms with Gasteiger partial charge in [0.25, 0.3) is 5.91 Å². The summed E-state index contributed by atoms with van der Waals surface area (Å²) in [5.41, 5.74) is 1.93. The molecule has 0 spiro atoms. The van der Waals surface area contributed by atoms with Gasteiger partial charge in [0.1, 0.15) is 17.0 Å². The molecule has 6 nitrogen and oxygen atoms in total. The zero-order chi connectivity index (χ0) is 17.6. The first-order valence-corrected chi connectivity index (χ1v) is 9.25. The van der Waals surface area contributed by atoms with Gasteiger partial charge in [0.15, 0.2) is 0 Å². The van der Waals surface area contributed by atoms with Crippen molar-refractivity contribution in [1.82, 2.24) is 15.4 Å². The highest BCUT2D eigenvalue weighted by atomic mass is 79.9. The van der Waals surface area contributed by atoms with Gasteiger partial charge in [-0.3, -0.25) is 9.69 Å². The highest BCUT2D eigenvalue weighted by Crippen LogP contribution is 2.27. The lowest BCUT2D eigenvalue weighted by Crippen LogP contribution is -2.38. The Morgan fingerprint density at radius 1 is 1.36 bits per heavy atom. The van der Waals surface area contributed by atoms with Gasteiger partial charge in [0, 0.05) is 29.7 Å². The lowest BCUT2D eigenvalue weighted by Gasteiger charge is -2.26. The van der Waals surface area contributed by atoms with Gasteiger partial charge < -0.3 is 14.6 Å². The minimum Gasteiger partial charge on any atom is -0.379 e. The topological polar surface area (TPSA) is 67.6 Å². The van der Waals surface area contributed by atoms with E-state index in [0.29, 0.717) is 23.6 Å². The first-order valence-electron chi connectivity index (χ1n) is 8.45. The molecule has 0 atom stereocenters. The number of ether oxygens (including phenoxy) is 1. The highest BCUT2D eigenvalue weighted by Gasteiger charge is 2.21. The Morgan fingerprint density at radius 3 is 2.92 bits per heavy atom. The second-order valence-corrected chi connectivity index (χ2v) is 6.95. The molecule has 1 aliphatic rings. The third kappa shape index (κ3) is 4.68. The SMILES string of the molecule is Cc1onc(-c2cccc(Br)c2)c1C(=O)NCCCN1CCOCC1. The molecule has 0 unspecified atom stereocenters. The monoisotopic (exact) mass is 407 g/mol. The van der Waals surface area contributed by atoms with Gasteiger partial charge in [-0.25, -0.2) is 0 Å². The molecular formula is C18H22BrN3O3. The molecule has 134 valence electrons. The van der Waals surface area contributed by atoms with Gasteiger partial charge in [0.05, 0.1) is 13.2 Å². The maximum absolute atomic E-state index is 12.6. The predicted octanol–water partition coefficient (Wildman–Crippen LogP) is 2.86. The zero-order valence-corrected chi connectivity index (χ0v) is 15.8. The number of morpholine rings is 1. The number of hydrogen-bond acceptors (Lipinski definition) is 5. The molecule has 3 rings (SSSR count). The molecule has 1 saturated heterocycles. The lowest BCUT2D eigenvalue weighted by atomic mass is 10.1. The van der Waals surface area contributed by atoms with Crippen molar-refractivity contribution in [3.05, 3.63) is 40.1 Å². The number of nitrogens with one attached hydrogen (secondary N) is 1. The minimum atomic E-state index is -0.143. The fourth-order valence-corrected chi connectivity index (χ4v) is 3.29. The fourth-order valence-electron chi connectivity index (χ4n) is 2.89. The van der Waals surface area contributed by atoms with Crippen molar-refractivity contribution in [3.63, 3.8) is 0 Å². The van der Waals surface area contributed by atoms with Gasteiger partial charge in [0.2, 0.25) is 0 Å². The predicted molar refractivity (Wildman–Crippen MR) is 98.6 cm³/mol. The van der Waals surface area contributed by atoms with E-state index < -0.39 is 0 Å². The standard InChI is InChI=1S/C18H22BrN3O3/c1-13-16(17(21-25-13)14-4-2-5-15(19)12-14)18(23)20-6-3-7-22-8-10-24-11-9-22/h2,4-5,12H,3,6-11H2,1H3,(H,20,23). The van der Waals surface area contributed by atoms with Crippen molar-refractivity contribution in [2.75, 3.05) is 39.4 Å². The minimum absolute atomic E-state index is 0.143. The smallest absolute Gasteiger partial charge is 0.257 e. The molecule has 1 fully saturated rings.